The number of hydrogen-bond donors (Lipinski definition) is 2. The smallest absolute Gasteiger partial charge is 0.328 e. The van der Waals surface area contributed by atoms with Gasteiger partial charge in [0.1, 0.15) is 5.76 Å². The predicted octanol–water partition coefficient (Wildman–Crippen LogP) is 2.25. The lowest BCUT2D eigenvalue weighted by Crippen LogP contribution is -2.71. The van der Waals surface area contributed by atoms with Gasteiger partial charge in [-0.15, -0.1) is 0 Å². The van der Waals surface area contributed by atoms with E-state index < -0.39 is 23.4 Å². The van der Waals surface area contributed by atoms with Crippen LogP contribution in [-0.2, 0) is 9.59 Å². The highest BCUT2D eigenvalue weighted by molar-refractivity contribution is 6.24. The first-order chi connectivity index (χ1) is 18.0. The second kappa shape index (κ2) is 9.23. The average Bonchev–Trinajstić information content (AvgIpc) is 3.25. The zero-order valence-electron chi connectivity index (χ0n) is 20.2. The first-order valence-electron chi connectivity index (χ1n) is 12.5. The monoisotopic (exact) mass is 501 g/mol. The summed E-state index contributed by atoms with van der Waals surface area (Å²) in [6.45, 7) is 2.12. The van der Waals surface area contributed by atoms with Gasteiger partial charge in [0, 0.05) is 43.3 Å². The van der Waals surface area contributed by atoms with Crippen LogP contribution in [0.3, 0.4) is 0 Å². The van der Waals surface area contributed by atoms with Gasteiger partial charge in [0.05, 0.1) is 24.1 Å². The third kappa shape index (κ3) is 4.05. The molecule has 4 aliphatic heterocycles. The fraction of sp³-hybridized carbons (Fsp3) is 0.346. The van der Waals surface area contributed by atoms with Crippen LogP contribution in [0.2, 0.25) is 0 Å². The van der Waals surface area contributed by atoms with Crippen molar-refractivity contribution in [3.05, 3.63) is 66.5 Å². The number of nitrogens with zero attached hydrogens (tertiary/aromatic N) is 5. The largest absolute Gasteiger partial charge is 0.439 e. The lowest BCUT2D eigenvalue weighted by atomic mass is 9.92. The Bertz CT molecular complexity index is 1270. The molecule has 11 nitrogen and oxygen atoms in total. The van der Waals surface area contributed by atoms with Crippen LogP contribution in [0, 0.1) is 0 Å². The van der Waals surface area contributed by atoms with Crippen LogP contribution in [0.15, 0.2) is 66.5 Å². The lowest BCUT2D eigenvalue weighted by molar-refractivity contribution is -0.137. The van der Waals surface area contributed by atoms with E-state index in [0.717, 1.165) is 37.3 Å². The van der Waals surface area contributed by atoms with E-state index in [0.29, 0.717) is 37.5 Å². The molecular formula is C26H27N7O4. The summed E-state index contributed by atoms with van der Waals surface area (Å²) >= 11 is 0. The fourth-order valence-corrected chi connectivity index (χ4v) is 5.49. The molecule has 0 saturated carbocycles. The Morgan fingerprint density at radius 2 is 1.70 bits per heavy atom. The number of nitrogens with one attached hydrogen (secondary N) is 2. The second-order valence-electron chi connectivity index (χ2n) is 9.42. The topological polar surface area (TPSA) is 120 Å². The third-order valence-electron chi connectivity index (χ3n) is 7.25. The van der Waals surface area contributed by atoms with E-state index in [-0.39, 0.29) is 0 Å². The number of barbiturate groups is 1. The minimum Gasteiger partial charge on any atom is -0.439 e. The molecule has 0 aromatic carbocycles. The Hall–Kier alpha value is -4.41. The minimum atomic E-state index is -1.45. The SMILES string of the molecule is O=C1NC(=O)C2(CCCN2c2ccc(OC3=CCN4C(=C3)CCCCN4c3ccncc3)nc2)C(=O)N1. The molecule has 4 aliphatic rings. The number of urea groups is 1. The van der Waals surface area contributed by atoms with Crippen LogP contribution in [0.25, 0.3) is 0 Å². The van der Waals surface area contributed by atoms with E-state index in [9.17, 15) is 14.4 Å². The molecule has 0 bridgehead atoms. The van der Waals surface area contributed by atoms with Crippen LogP contribution in [0.5, 0.6) is 5.88 Å². The highest BCUT2D eigenvalue weighted by Gasteiger charge is 2.57. The van der Waals surface area contributed by atoms with Gasteiger partial charge in [-0.1, -0.05) is 0 Å². The summed E-state index contributed by atoms with van der Waals surface area (Å²) in [5, 5.41) is 9.03. The summed E-state index contributed by atoms with van der Waals surface area (Å²) in [6, 6.07) is 6.76. The Morgan fingerprint density at radius 3 is 2.46 bits per heavy atom. The zero-order valence-corrected chi connectivity index (χ0v) is 20.2. The van der Waals surface area contributed by atoms with Crippen molar-refractivity contribution in [3.8, 4) is 5.88 Å². The van der Waals surface area contributed by atoms with Crippen molar-refractivity contribution < 1.29 is 19.1 Å². The molecule has 2 aromatic heterocycles. The molecule has 190 valence electrons. The van der Waals surface area contributed by atoms with Crippen molar-refractivity contribution in [2.24, 2.45) is 0 Å². The van der Waals surface area contributed by atoms with E-state index in [1.165, 1.54) is 5.70 Å². The molecule has 0 atom stereocenters. The Morgan fingerprint density at radius 1 is 0.892 bits per heavy atom. The first kappa shape index (κ1) is 23.0. The van der Waals surface area contributed by atoms with Crippen LogP contribution in [0.1, 0.15) is 32.1 Å². The molecule has 1 spiro atoms. The van der Waals surface area contributed by atoms with Gasteiger partial charge in [-0.05, 0) is 56.4 Å². The summed E-state index contributed by atoms with van der Waals surface area (Å²) in [6.07, 6.45) is 13.4. The summed E-state index contributed by atoms with van der Waals surface area (Å²) < 4.78 is 6.09. The minimum absolute atomic E-state index is 0.323. The number of anilines is 2. The highest BCUT2D eigenvalue weighted by Crippen LogP contribution is 2.36. The number of aromatic nitrogens is 2. The number of ether oxygens (including phenoxy) is 1. The summed E-state index contributed by atoms with van der Waals surface area (Å²) in [5.41, 5.74) is 1.47. The third-order valence-corrected chi connectivity index (χ3v) is 7.25. The number of hydrazine groups is 1. The predicted molar refractivity (Wildman–Crippen MR) is 134 cm³/mol. The number of allylic oxidation sites excluding steroid dienone is 2. The lowest BCUT2D eigenvalue weighted by Gasteiger charge is -2.39. The maximum atomic E-state index is 12.7. The molecule has 0 radical (unpaired) electrons. The molecule has 6 heterocycles. The first-order valence-corrected chi connectivity index (χ1v) is 12.5. The Kier molecular flexibility index (Phi) is 5.74. The van der Waals surface area contributed by atoms with E-state index in [4.69, 9.17) is 4.74 Å². The summed E-state index contributed by atoms with van der Waals surface area (Å²) in [7, 11) is 0. The van der Waals surface area contributed by atoms with Crippen molar-refractivity contribution in [1.29, 1.82) is 0 Å². The van der Waals surface area contributed by atoms with Gasteiger partial charge in [-0.2, -0.15) is 0 Å². The molecule has 3 fully saturated rings. The van der Waals surface area contributed by atoms with Crippen molar-refractivity contribution in [2.75, 3.05) is 29.5 Å². The maximum absolute atomic E-state index is 12.7. The molecule has 0 unspecified atom stereocenters. The highest BCUT2D eigenvalue weighted by atomic mass is 16.5. The van der Waals surface area contributed by atoms with Crippen LogP contribution >= 0.6 is 0 Å². The average molecular weight is 502 g/mol. The van der Waals surface area contributed by atoms with Crippen molar-refractivity contribution in [2.45, 2.75) is 37.6 Å². The molecule has 2 aromatic rings. The second-order valence-corrected chi connectivity index (χ2v) is 9.42. The molecule has 6 rings (SSSR count). The normalized spacial score (nSPS) is 21.1. The van der Waals surface area contributed by atoms with Crippen LogP contribution < -0.4 is 25.3 Å². The number of carbonyl (C=O) groups excluding carboxylic acids is 3. The van der Waals surface area contributed by atoms with Gasteiger partial charge in [-0.25, -0.2) is 9.78 Å². The van der Waals surface area contributed by atoms with Crippen molar-refractivity contribution >= 4 is 29.2 Å². The number of hydrogen-bond acceptors (Lipinski definition) is 9. The van der Waals surface area contributed by atoms with E-state index in [2.05, 4.69) is 36.7 Å². The molecular weight excluding hydrogens is 474 g/mol. The van der Waals surface area contributed by atoms with Gasteiger partial charge < -0.3 is 9.64 Å². The Labute approximate surface area is 213 Å². The molecule has 3 saturated heterocycles. The standard InChI is InChI=1S/C26H27N7O4/c34-23-26(24(35)30-25(36)29-23)10-3-13-31(26)20-5-6-22(28-17-20)37-21-9-15-33-19(16-21)4-1-2-14-32(33)18-7-11-27-12-8-18/h5-9,11-12,16-17H,1-4,10,13-15H2,(H2,29,30,34,35,36). The molecule has 37 heavy (non-hydrogen) atoms. The maximum Gasteiger partial charge on any atom is 0.328 e. The zero-order chi connectivity index (χ0) is 25.4. The Balaban J connectivity index is 1.18. The van der Waals surface area contributed by atoms with Gasteiger partial charge in [0.2, 0.25) is 5.88 Å². The number of fused-ring (bicyclic) bond motifs is 1. The van der Waals surface area contributed by atoms with Gasteiger partial charge in [0.15, 0.2) is 5.54 Å². The summed E-state index contributed by atoms with van der Waals surface area (Å²) in [5.74, 6) is -0.0650. The van der Waals surface area contributed by atoms with Gasteiger partial charge in [-0.3, -0.25) is 35.2 Å². The van der Waals surface area contributed by atoms with E-state index >= 15 is 0 Å². The van der Waals surface area contributed by atoms with Gasteiger partial charge >= 0.3 is 6.03 Å². The van der Waals surface area contributed by atoms with E-state index in [1.54, 1.807) is 23.2 Å². The number of imide groups is 2. The molecule has 0 aliphatic carbocycles. The molecule has 2 N–H and O–H groups in total. The van der Waals surface area contributed by atoms with Gasteiger partial charge in [0.25, 0.3) is 11.8 Å². The number of amides is 4. The van der Waals surface area contributed by atoms with Crippen LogP contribution in [-0.4, -0.2) is 58.0 Å². The number of rotatable bonds is 4. The molecule has 11 heteroatoms. The summed E-state index contributed by atoms with van der Waals surface area (Å²) in [4.78, 5) is 47.3. The fourth-order valence-electron chi connectivity index (χ4n) is 5.49. The quantitative estimate of drug-likeness (QED) is 0.608. The van der Waals surface area contributed by atoms with Crippen LogP contribution in [0.4, 0.5) is 16.2 Å². The van der Waals surface area contributed by atoms with E-state index in [1.807, 2.05) is 30.6 Å². The number of pyridine rings is 2. The van der Waals surface area contributed by atoms with Crippen molar-refractivity contribution in [1.82, 2.24) is 25.6 Å². The number of carbonyl (C=O) groups is 3. The van der Waals surface area contributed by atoms with Crippen molar-refractivity contribution in [3.63, 3.8) is 0 Å². The molecule has 4 amide bonds.